The normalized spacial score (nSPS) is 11.8. The van der Waals surface area contributed by atoms with E-state index in [0.29, 0.717) is 23.8 Å². The molecule has 1 atom stereocenters. The summed E-state index contributed by atoms with van der Waals surface area (Å²) in [5.41, 5.74) is 1.63. The van der Waals surface area contributed by atoms with Gasteiger partial charge in [-0.15, -0.1) is 0 Å². The Hall–Kier alpha value is -3.22. The van der Waals surface area contributed by atoms with Gasteiger partial charge in [-0.05, 0) is 17.7 Å². The number of carboxylic acid groups (broad SMARTS) is 1. The van der Waals surface area contributed by atoms with Gasteiger partial charge in [0.15, 0.2) is 5.82 Å². The molecular weight excluding hydrogens is 294 g/mol. The van der Waals surface area contributed by atoms with Crippen LogP contribution in [0.5, 0.6) is 0 Å². The number of rotatable bonds is 5. The molecule has 3 aromatic rings. The first kappa shape index (κ1) is 14.7. The van der Waals surface area contributed by atoms with E-state index in [2.05, 4.69) is 25.5 Å². The van der Waals surface area contributed by atoms with Gasteiger partial charge in [0, 0.05) is 12.6 Å². The van der Waals surface area contributed by atoms with E-state index in [9.17, 15) is 4.79 Å². The second kappa shape index (κ2) is 6.69. The van der Waals surface area contributed by atoms with Gasteiger partial charge in [-0.25, -0.2) is 9.78 Å². The van der Waals surface area contributed by atoms with E-state index in [-0.39, 0.29) is 0 Å². The number of nitrogens with zero attached hydrogens (tertiary/aromatic N) is 3. The highest BCUT2D eigenvalue weighted by Gasteiger charge is 2.19. The second-order valence-corrected chi connectivity index (χ2v) is 4.95. The predicted octanol–water partition coefficient (Wildman–Crippen LogP) is 2.42. The van der Waals surface area contributed by atoms with E-state index in [0.717, 1.165) is 5.56 Å². The van der Waals surface area contributed by atoms with Crippen molar-refractivity contribution in [2.75, 3.05) is 0 Å². The number of nitrogens with one attached hydrogen (secondary N) is 2. The van der Waals surface area contributed by atoms with E-state index in [4.69, 9.17) is 5.11 Å². The fourth-order valence-corrected chi connectivity index (χ4v) is 2.25. The average molecular weight is 309 g/mol. The lowest BCUT2D eigenvalue weighted by molar-refractivity contribution is 0.189. The highest BCUT2D eigenvalue weighted by molar-refractivity contribution is 5.65. The molecule has 0 spiro atoms. The standard InChI is InChI=1S/C16H15N5O2/c22-16(23)18-13(10-11-6-2-1-3-7-11)15-19-14(20-21-15)12-8-4-5-9-17-12/h1-9,13,18H,10H2,(H,22,23)(H,19,20,21). The minimum Gasteiger partial charge on any atom is -0.465 e. The van der Waals surface area contributed by atoms with Crippen molar-refractivity contribution in [2.45, 2.75) is 12.5 Å². The lowest BCUT2D eigenvalue weighted by Crippen LogP contribution is -2.29. The maximum atomic E-state index is 11.1. The molecule has 0 aliphatic heterocycles. The lowest BCUT2D eigenvalue weighted by Gasteiger charge is -2.14. The first-order chi connectivity index (χ1) is 11.2. The first-order valence-corrected chi connectivity index (χ1v) is 7.09. The molecule has 0 aliphatic carbocycles. The highest BCUT2D eigenvalue weighted by atomic mass is 16.4. The number of aromatic nitrogens is 4. The van der Waals surface area contributed by atoms with Crippen LogP contribution in [0.4, 0.5) is 4.79 Å². The quantitative estimate of drug-likeness (QED) is 0.671. The fraction of sp³-hybridized carbons (Fsp3) is 0.125. The van der Waals surface area contributed by atoms with Crippen LogP contribution in [-0.4, -0.2) is 31.4 Å². The van der Waals surface area contributed by atoms with Crippen LogP contribution in [0.25, 0.3) is 11.5 Å². The van der Waals surface area contributed by atoms with Gasteiger partial charge in [0.05, 0.1) is 6.04 Å². The molecule has 23 heavy (non-hydrogen) atoms. The Morgan fingerprint density at radius 3 is 2.65 bits per heavy atom. The summed E-state index contributed by atoms with van der Waals surface area (Å²) in [6.07, 6.45) is 1.02. The topological polar surface area (TPSA) is 104 Å². The number of hydrogen-bond acceptors (Lipinski definition) is 4. The predicted molar refractivity (Wildman–Crippen MR) is 83.7 cm³/mol. The molecule has 3 rings (SSSR count). The van der Waals surface area contributed by atoms with Crippen molar-refractivity contribution >= 4 is 6.09 Å². The fourth-order valence-electron chi connectivity index (χ4n) is 2.25. The summed E-state index contributed by atoms with van der Waals surface area (Å²) in [6, 6.07) is 14.5. The first-order valence-electron chi connectivity index (χ1n) is 7.09. The Morgan fingerprint density at radius 2 is 1.96 bits per heavy atom. The zero-order valence-corrected chi connectivity index (χ0v) is 12.2. The molecule has 0 saturated carbocycles. The van der Waals surface area contributed by atoms with E-state index in [1.165, 1.54) is 0 Å². The smallest absolute Gasteiger partial charge is 0.405 e. The summed E-state index contributed by atoms with van der Waals surface area (Å²) in [5, 5.41) is 18.5. The lowest BCUT2D eigenvalue weighted by atomic mass is 10.1. The van der Waals surface area contributed by atoms with Crippen molar-refractivity contribution < 1.29 is 9.90 Å². The molecule has 1 amide bonds. The molecule has 2 heterocycles. The second-order valence-electron chi connectivity index (χ2n) is 4.95. The number of H-pyrrole nitrogens is 1. The highest BCUT2D eigenvalue weighted by Crippen LogP contribution is 2.18. The summed E-state index contributed by atoms with van der Waals surface area (Å²) in [4.78, 5) is 19.6. The Labute approximate surface area is 132 Å². The van der Waals surface area contributed by atoms with Crippen LogP contribution in [0.2, 0.25) is 0 Å². The molecule has 3 N–H and O–H groups in total. The van der Waals surface area contributed by atoms with Crippen molar-refractivity contribution in [3.8, 4) is 11.5 Å². The number of pyridine rings is 1. The van der Waals surface area contributed by atoms with E-state index >= 15 is 0 Å². The minimum absolute atomic E-state index is 0.436. The zero-order chi connectivity index (χ0) is 16.1. The largest absolute Gasteiger partial charge is 0.465 e. The van der Waals surface area contributed by atoms with Gasteiger partial charge in [0.25, 0.3) is 0 Å². The van der Waals surface area contributed by atoms with Crippen LogP contribution in [0, 0.1) is 0 Å². The van der Waals surface area contributed by atoms with Gasteiger partial charge in [-0.2, -0.15) is 5.10 Å². The number of carbonyl (C=O) groups is 1. The van der Waals surface area contributed by atoms with Crippen LogP contribution in [0.1, 0.15) is 17.4 Å². The number of hydrogen-bond donors (Lipinski definition) is 3. The minimum atomic E-state index is -1.11. The monoisotopic (exact) mass is 309 g/mol. The van der Waals surface area contributed by atoms with Gasteiger partial charge in [0.2, 0.25) is 0 Å². The molecule has 0 radical (unpaired) electrons. The summed E-state index contributed by atoms with van der Waals surface area (Å²) in [7, 11) is 0. The van der Waals surface area contributed by atoms with Gasteiger partial charge in [0.1, 0.15) is 11.5 Å². The molecule has 0 saturated heterocycles. The molecule has 2 aromatic heterocycles. The zero-order valence-electron chi connectivity index (χ0n) is 12.2. The average Bonchev–Trinajstić information content (AvgIpc) is 3.06. The van der Waals surface area contributed by atoms with Gasteiger partial charge >= 0.3 is 6.09 Å². The van der Waals surface area contributed by atoms with Gasteiger partial charge in [-0.3, -0.25) is 10.1 Å². The molecule has 0 fully saturated rings. The van der Waals surface area contributed by atoms with Crippen LogP contribution in [0.3, 0.4) is 0 Å². The Balaban J connectivity index is 1.85. The number of benzene rings is 1. The molecule has 116 valence electrons. The number of aromatic amines is 1. The van der Waals surface area contributed by atoms with Crippen molar-refractivity contribution in [3.05, 3.63) is 66.1 Å². The van der Waals surface area contributed by atoms with Crippen molar-refractivity contribution in [2.24, 2.45) is 0 Å². The molecule has 1 unspecified atom stereocenters. The summed E-state index contributed by atoms with van der Waals surface area (Å²) in [5.74, 6) is 0.891. The summed E-state index contributed by atoms with van der Waals surface area (Å²) < 4.78 is 0. The third kappa shape index (κ3) is 3.70. The Morgan fingerprint density at radius 1 is 1.17 bits per heavy atom. The molecule has 1 aromatic carbocycles. The Kier molecular flexibility index (Phi) is 4.28. The molecular formula is C16H15N5O2. The van der Waals surface area contributed by atoms with Crippen molar-refractivity contribution in [1.82, 2.24) is 25.5 Å². The van der Waals surface area contributed by atoms with Gasteiger partial charge < -0.3 is 10.4 Å². The van der Waals surface area contributed by atoms with Crippen LogP contribution < -0.4 is 5.32 Å². The molecule has 0 bridgehead atoms. The number of amides is 1. The maximum absolute atomic E-state index is 11.1. The van der Waals surface area contributed by atoms with E-state index in [1.807, 2.05) is 36.4 Å². The molecule has 7 heteroatoms. The third-order valence-corrected chi connectivity index (χ3v) is 3.31. The maximum Gasteiger partial charge on any atom is 0.405 e. The summed E-state index contributed by atoms with van der Waals surface area (Å²) >= 11 is 0. The van der Waals surface area contributed by atoms with Crippen LogP contribution in [-0.2, 0) is 6.42 Å². The van der Waals surface area contributed by atoms with Crippen LogP contribution >= 0.6 is 0 Å². The third-order valence-electron chi connectivity index (χ3n) is 3.31. The van der Waals surface area contributed by atoms with Crippen molar-refractivity contribution in [1.29, 1.82) is 0 Å². The van der Waals surface area contributed by atoms with E-state index in [1.54, 1.807) is 18.3 Å². The molecule has 0 aliphatic rings. The Bertz CT molecular complexity index is 773. The summed E-state index contributed by atoms with van der Waals surface area (Å²) in [6.45, 7) is 0. The van der Waals surface area contributed by atoms with Gasteiger partial charge in [-0.1, -0.05) is 36.4 Å². The SMILES string of the molecule is O=C(O)NC(Cc1ccccc1)c1nc(-c2ccccn2)n[nH]1. The molecule has 7 nitrogen and oxygen atoms in total. The van der Waals surface area contributed by atoms with Crippen molar-refractivity contribution in [3.63, 3.8) is 0 Å². The van der Waals surface area contributed by atoms with Crippen LogP contribution in [0.15, 0.2) is 54.7 Å². The van der Waals surface area contributed by atoms with E-state index < -0.39 is 12.1 Å².